The van der Waals surface area contributed by atoms with E-state index in [0.29, 0.717) is 24.5 Å². The van der Waals surface area contributed by atoms with Gasteiger partial charge in [-0.3, -0.25) is 19.0 Å². The lowest BCUT2D eigenvalue weighted by atomic mass is 10.2. The molecule has 3 rings (SSSR count). The smallest absolute Gasteiger partial charge is 0.271 e. The summed E-state index contributed by atoms with van der Waals surface area (Å²) in [6.45, 7) is 4.92. The summed E-state index contributed by atoms with van der Waals surface area (Å²) in [5.41, 5.74) is 2.77. The van der Waals surface area contributed by atoms with Gasteiger partial charge in [-0.05, 0) is 32.0 Å². The number of hydrogen-bond acceptors (Lipinski definition) is 4. The number of nitrogens with one attached hydrogen (secondary N) is 2. The van der Waals surface area contributed by atoms with E-state index in [1.807, 2.05) is 30.7 Å². The topological polar surface area (TPSA) is 93.8 Å². The Morgan fingerprint density at radius 1 is 1.04 bits per heavy atom. The van der Waals surface area contributed by atoms with E-state index in [9.17, 15) is 9.59 Å². The fourth-order valence-electron chi connectivity index (χ4n) is 2.74. The van der Waals surface area contributed by atoms with Crippen LogP contribution in [-0.4, -0.2) is 37.9 Å². The van der Waals surface area contributed by atoms with E-state index < -0.39 is 0 Å². The van der Waals surface area contributed by atoms with E-state index in [1.54, 1.807) is 37.4 Å². The van der Waals surface area contributed by atoms with Crippen LogP contribution in [0.25, 0.3) is 0 Å². The number of carbonyl (C=O) groups excluding carboxylic acids is 2. The van der Waals surface area contributed by atoms with Crippen molar-refractivity contribution >= 4 is 17.6 Å². The Balaban J connectivity index is 1.59. The molecule has 0 aliphatic carbocycles. The Bertz CT molecular complexity index is 958. The van der Waals surface area contributed by atoms with Crippen LogP contribution < -0.4 is 10.6 Å². The summed E-state index contributed by atoms with van der Waals surface area (Å²) >= 11 is 0. The summed E-state index contributed by atoms with van der Waals surface area (Å²) < 4.78 is 3.32. The summed E-state index contributed by atoms with van der Waals surface area (Å²) in [5.74, 6) is -0.102. The number of amides is 2. The van der Waals surface area contributed by atoms with E-state index >= 15 is 0 Å². The molecule has 0 bridgehead atoms. The highest BCUT2D eigenvalue weighted by atomic mass is 16.2. The summed E-state index contributed by atoms with van der Waals surface area (Å²) in [5, 5.41) is 14.1. The molecule has 140 valence electrons. The van der Waals surface area contributed by atoms with Gasteiger partial charge >= 0.3 is 0 Å². The molecule has 0 aliphatic rings. The first-order valence-corrected chi connectivity index (χ1v) is 8.64. The predicted octanol–water partition coefficient (Wildman–Crippen LogP) is 1.92. The fourth-order valence-corrected chi connectivity index (χ4v) is 2.74. The average Bonchev–Trinajstić information content (AvgIpc) is 3.17. The van der Waals surface area contributed by atoms with Gasteiger partial charge in [0, 0.05) is 30.9 Å². The summed E-state index contributed by atoms with van der Waals surface area (Å²) in [4.78, 5) is 24.6. The molecule has 0 aliphatic heterocycles. The largest absolute Gasteiger partial charge is 0.349 e. The summed E-state index contributed by atoms with van der Waals surface area (Å²) in [7, 11) is 1.67. The molecule has 2 amide bonds. The predicted molar refractivity (Wildman–Crippen MR) is 102 cm³/mol. The van der Waals surface area contributed by atoms with E-state index in [2.05, 4.69) is 20.8 Å². The first-order valence-electron chi connectivity index (χ1n) is 8.64. The molecule has 0 unspecified atom stereocenters. The molecule has 0 spiro atoms. The minimum atomic E-state index is -0.299. The second-order valence-electron chi connectivity index (χ2n) is 6.26. The molecular formula is C19H22N6O2. The van der Waals surface area contributed by atoms with Crippen LogP contribution in [-0.2, 0) is 13.6 Å². The zero-order valence-corrected chi connectivity index (χ0v) is 15.6. The van der Waals surface area contributed by atoms with Crippen molar-refractivity contribution in [3.8, 4) is 0 Å². The lowest BCUT2D eigenvalue weighted by Crippen LogP contribution is -2.28. The van der Waals surface area contributed by atoms with Crippen LogP contribution in [0.2, 0.25) is 0 Å². The Hall–Kier alpha value is -3.42. The SMILES string of the molecule is Cc1cc(C)n(CCNC(=O)c2cc(NC(=O)c3ccccc3)n(C)n2)n1. The quantitative estimate of drug-likeness (QED) is 0.697. The van der Waals surface area contributed by atoms with Crippen molar-refractivity contribution in [2.75, 3.05) is 11.9 Å². The van der Waals surface area contributed by atoms with Gasteiger partial charge in [0.15, 0.2) is 5.69 Å². The highest BCUT2D eigenvalue weighted by Gasteiger charge is 2.15. The van der Waals surface area contributed by atoms with Crippen LogP contribution in [0.3, 0.4) is 0 Å². The van der Waals surface area contributed by atoms with Gasteiger partial charge in [0.05, 0.1) is 12.2 Å². The molecule has 8 heteroatoms. The van der Waals surface area contributed by atoms with Crippen molar-refractivity contribution in [2.45, 2.75) is 20.4 Å². The van der Waals surface area contributed by atoms with Crippen molar-refractivity contribution < 1.29 is 9.59 Å². The maximum atomic E-state index is 12.3. The van der Waals surface area contributed by atoms with Gasteiger partial charge in [-0.15, -0.1) is 0 Å². The highest BCUT2D eigenvalue weighted by molar-refractivity contribution is 6.04. The number of carbonyl (C=O) groups is 2. The Morgan fingerprint density at radius 3 is 2.44 bits per heavy atom. The standard InChI is InChI=1S/C19H22N6O2/c1-13-11-14(2)25(22-13)10-9-20-19(27)16-12-17(24(3)23-16)21-18(26)15-7-5-4-6-8-15/h4-8,11-12H,9-10H2,1-3H3,(H,20,27)(H,21,26). The molecular weight excluding hydrogens is 344 g/mol. The first-order chi connectivity index (χ1) is 12.9. The number of anilines is 1. The molecule has 0 atom stereocenters. The molecule has 0 radical (unpaired) electrons. The number of hydrogen-bond donors (Lipinski definition) is 2. The number of aryl methyl sites for hydroxylation is 3. The van der Waals surface area contributed by atoms with Crippen LogP contribution >= 0.6 is 0 Å². The minimum Gasteiger partial charge on any atom is -0.349 e. The summed E-state index contributed by atoms with van der Waals surface area (Å²) in [6, 6.07) is 12.4. The van der Waals surface area contributed by atoms with E-state index in [4.69, 9.17) is 0 Å². The van der Waals surface area contributed by atoms with Crippen LogP contribution in [0.4, 0.5) is 5.82 Å². The Labute approximate surface area is 157 Å². The molecule has 0 saturated heterocycles. The van der Waals surface area contributed by atoms with Gasteiger partial charge in [-0.25, -0.2) is 0 Å². The van der Waals surface area contributed by atoms with Gasteiger partial charge in [0.25, 0.3) is 11.8 Å². The maximum Gasteiger partial charge on any atom is 0.271 e. The van der Waals surface area contributed by atoms with E-state index in [0.717, 1.165) is 11.4 Å². The Morgan fingerprint density at radius 2 is 1.78 bits per heavy atom. The third-order valence-corrected chi connectivity index (χ3v) is 4.10. The molecule has 0 saturated carbocycles. The third-order valence-electron chi connectivity index (χ3n) is 4.10. The molecule has 0 fully saturated rings. The minimum absolute atomic E-state index is 0.245. The van der Waals surface area contributed by atoms with Gasteiger partial charge < -0.3 is 10.6 Å². The lowest BCUT2D eigenvalue weighted by molar-refractivity contribution is 0.0945. The van der Waals surface area contributed by atoms with Gasteiger partial charge in [-0.2, -0.15) is 10.2 Å². The van der Waals surface area contributed by atoms with Gasteiger partial charge in [-0.1, -0.05) is 18.2 Å². The Kier molecular flexibility index (Phi) is 5.35. The number of nitrogens with zero attached hydrogens (tertiary/aromatic N) is 4. The number of rotatable bonds is 6. The van der Waals surface area contributed by atoms with Crippen molar-refractivity contribution in [2.24, 2.45) is 7.05 Å². The second kappa shape index (κ2) is 7.86. The van der Waals surface area contributed by atoms with Crippen LogP contribution in [0.5, 0.6) is 0 Å². The average molecular weight is 366 g/mol. The number of aromatic nitrogens is 4. The first kappa shape index (κ1) is 18.4. The normalized spacial score (nSPS) is 10.6. The van der Waals surface area contributed by atoms with Gasteiger partial charge in [0.1, 0.15) is 5.82 Å². The van der Waals surface area contributed by atoms with Crippen LogP contribution in [0.1, 0.15) is 32.2 Å². The molecule has 2 N–H and O–H groups in total. The van der Waals surface area contributed by atoms with Crippen molar-refractivity contribution in [3.63, 3.8) is 0 Å². The molecule has 2 heterocycles. The maximum absolute atomic E-state index is 12.3. The molecule has 2 aromatic heterocycles. The van der Waals surface area contributed by atoms with Crippen LogP contribution in [0.15, 0.2) is 42.5 Å². The van der Waals surface area contributed by atoms with Crippen molar-refractivity contribution in [1.29, 1.82) is 0 Å². The van der Waals surface area contributed by atoms with Crippen molar-refractivity contribution in [3.05, 3.63) is 65.1 Å². The molecule has 1 aromatic carbocycles. The number of benzene rings is 1. The molecule has 8 nitrogen and oxygen atoms in total. The van der Waals surface area contributed by atoms with Crippen molar-refractivity contribution in [1.82, 2.24) is 24.9 Å². The monoisotopic (exact) mass is 366 g/mol. The highest BCUT2D eigenvalue weighted by Crippen LogP contribution is 2.11. The fraction of sp³-hybridized carbons (Fsp3) is 0.263. The van der Waals surface area contributed by atoms with Crippen LogP contribution in [0, 0.1) is 13.8 Å². The second-order valence-corrected chi connectivity index (χ2v) is 6.26. The summed E-state index contributed by atoms with van der Waals surface area (Å²) in [6.07, 6.45) is 0. The van der Waals surface area contributed by atoms with E-state index in [-0.39, 0.29) is 17.5 Å². The zero-order valence-electron chi connectivity index (χ0n) is 15.6. The zero-order chi connectivity index (χ0) is 19.4. The third kappa shape index (κ3) is 4.41. The van der Waals surface area contributed by atoms with E-state index in [1.165, 1.54) is 4.68 Å². The lowest BCUT2D eigenvalue weighted by Gasteiger charge is -2.05. The molecule has 27 heavy (non-hydrogen) atoms. The molecule has 3 aromatic rings. The van der Waals surface area contributed by atoms with Gasteiger partial charge in [0.2, 0.25) is 0 Å².